The Bertz CT molecular complexity index is 350. The normalized spacial score (nSPS) is 9.15. The highest BCUT2D eigenvalue weighted by molar-refractivity contribution is 6.30. The fourth-order valence-corrected chi connectivity index (χ4v) is 0.964. The number of hydrogen-bond acceptors (Lipinski definition) is 2. The molecule has 0 radical (unpaired) electrons. The number of rotatable bonds is 1. The number of nitrogens with zero attached hydrogens (tertiary/aromatic N) is 1. The summed E-state index contributed by atoms with van der Waals surface area (Å²) in [6, 6.07) is 1.93. The lowest BCUT2D eigenvalue weighted by Gasteiger charge is -1.95. The van der Waals surface area contributed by atoms with Crippen LogP contribution in [0.3, 0.4) is 0 Å². The molecule has 0 aliphatic carbocycles. The topological polar surface area (TPSA) is 24.9 Å². The molecule has 1 N–H and O–H groups in total. The highest BCUT2D eigenvalue weighted by Gasteiger charge is 1.95. The van der Waals surface area contributed by atoms with E-state index in [0.29, 0.717) is 11.7 Å². The molecule has 0 fully saturated rings. The van der Waals surface area contributed by atoms with E-state index < -0.39 is 0 Å². The van der Waals surface area contributed by atoms with Crippen LogP contribution >= 0.6 is 11.6 Å². The van der Waals surface area contributed by atoms with Gasteiger partial charge in [-0.15, -0.1) is 0 Å². The van der Waals surface area contributed by atoms with Gasteiger partial charge in [0.15, 0.2) is 0 Å². The summed E-state index contributed by atoms with van der Waals surface area (Å²) in [5, 5.41) is 3.48. The molecule has 0 atom stereocenters. The number of pyridine rings is 1. The molecule has 0 bridgehead atoms. The van der Waals surface area contributed by atoms with Gasteiger partial charge in [0.1, 0.15) is 5.15 Å². The second kappa shape index (κ2) is 4.86. The van der Waals surface area contributed by atoms with Crippen LogP contribution in [0, 0.1) is 18.8 Å². The highest BCUT2D eigenvalue weighted by atomic mass is 35.5. The lowest BCUT2D eigenvalue weighted by atomic mass is 10.2. The second-order valence-corrected chi connectivity index (χ2v) is 3.02. The van der Waals surface area contributed by atoms with Gasteiger partial charge in [-0.25, -0.2) is 4.98 Å². The molecule has 1 rings (SSSR count). The molecule has 0 spiro atoms. The van der Waals surface area contributed by atoms with Crippen LogP contribution < -0.4 is 5.32 Å². The van der Waals surface area contributed by atoms with E-state index in [1.54, 1.807) is 6.20 Å². The highest BCUT2D eigenvalue weighted by Crippen LogP contribution is 2.11. The Morgan fingerprint density at radius 3 is 3.00 bits per heavy atom. The minimum atomic E-state index is 0.541. The van der Waals surface area contributed by atoms with Crippen LogP contribution in [0.4, 0.5) is 0 Å². The van der Waals surface area contributed by atoms with Crippen molar-refractivity contribution in [2.45, 2.75) is 6.92 Å². The third kappa shape index (κ3) is 3.06. The van der Waals surface area contributed by atoms with Crippen molar-refractivity contribution in [1.29, 1.82) is 0 Å². The molecule has 1 aromatic rings. The Labute approximate surface area is 83.3 Å². The second-order valence-electron chi connectivity index (χ2n) is 2.66. The largest absolute Gasteiger partial charge is 0.309 e. The molecule has 0 aliphatic rings. The molecule has 1 aromatic heterocycles. The average molecular weight is 195 g/mol. The SMILES string of the molecule is CNCC#Cc1cnc(Cl)c(C)c1. The smallest absolute Gasteiger partial charge is 0.132 e. The maximum Gasteiger partial charge on any atom is 0.132 e. The first-order valence-electron chi connectivity index (χ1n) is 3.99. The zero-order valence-corrected chi connectivity index (χ0v) is 8.44. The van der Waals surface area contributed by atoms with Gasteiger partial charge in [0.2, 0.25) is 0 Å². The van der Waals surface area contributed by atoms with Gasteiger partial charge in [0, 0.05) is 11.8 Å². The van der Waals surface area contributed by atoms with Gasteiger partial charge in [-0.1, -0.05) is 23.4 Å². The Morgan fingerprint density at radius 2 is 2.38 bits per heavy atom. The van der Waals surface area contributed by atoms with Crippen molar-refractivity contribution in [2.24, 2.45) is 0 Å². The van der Waals surface area contributed by atoms with Gasteiger partial charge in [-0.3, -0.25) is 0 Å². The Balaban J connectivity index is 2.81. The minimum Gasteiger partial charge on any atom is -0.309 e. The molecule has 2 nitrogen and oxygen atoms in total. The fraction of sp³-hybridized carbons (Fsp3) is 0.300. The molecule has 3 heteroatoms. The Kier molecular flexibility index (Phi) is 3.75. The first-order valence-corrected chi connectivity index (χ1v) is 4.37. The maximum absolute atomic E-state index is 5.77. The summed E-state index contributed by atoms with van der Waals surface area (Å²) in [6.07, 6.45) is 1.68. The van der Waals surface area contributed by atoms with E-state index in [2.05, 4.69) is 22.1 Å². The lowest BCUT2D eigenvalue weighted by Crippen LogP contribution is -2.04. The summed E-state index contributed by atoms with van der Waals surface area (Å²) in [6.45, 7) is 2.60. The minimum absolute atomic E-state index is 0.541. The van der Waals surface area contributed by atoms with E-state index in [9.17, 15) is 0 Å². The third-order valence-corrected chi connectivity index (χ3v) is 1.91. The zero-order valence-electron chi connectivity index (χ0n) is 7.69. The molecular formula is C10H11ClN2. The Morgan fingerprint density at radius 1 is 1.62 bits per heavy atom. The van der Waals surface area contributed by atoms with Crippen molar-refractivity contribution < 1.29 is 0 Å². The predicted molar refractivity (Wildman–Crippen MR) is 54.8 cm³/mol. The number of aromatic nitrogens is 1. The van der Waals surface area contributed by atoms with Gasteiger partial charge < -0.3 is 5.32 Å². The lowest BCUT2D eigenvalue weighted by molar-refractivity contribution is 0.938. The van der Waals surface area contributed by atoms with Crippen molar-refractivity contribution in [1.82, 2.24) is 10.3 Å². The van der Waals surface area contributed by atoms with Crippen LogP contribution in [-0.4, -0.2) is 18.6 Å². The van der Waals surface area contributed by atoms with Crippen molar-refractivity contribution in [3.05, 3.63) is 28.5 Å². The van der Waals surface area contributed by atoms with Gasteiger partial charge >= 0.3 is 0 Å². The van der Waals surface area contributed by atoms with E-state index in [-0.39, 0.29) is 0 Å². The standard InChI is InChI=1S/C10H11ClN2/c1-8-6-9(4-3-5-12-2)7-13-10(8)11/h6-7,12H,5H2,1-2H3. The van der Waals surface area contributed by atoms with E-state index >= 15 is 0 Å². The number of aryl methyl sites for hydroxylation is 1. The van der Waals surface area contributed by atoms with E-state index in [0.717, 1.165) is 11.1 Å². The first kappa shape index (κ1) is 10.0. The number of nitrogens with one attached hydrogen (secondary N) is 1. The number of halogens is 1. The molecule has 0 saturated heterocycles. The molecule has 0 saturated carbocycles. The van der Waals surface area contributed by atoms with E-state index in [4.69, 9.17) is 11.6 Å². The average Bonchev–Trinajstić information content (AvgIpc) is 2.12. The number of hydrogen-bond donors (Lipinski definition) is 1. The van der Waals surface area contributed by atoms with Crippen LogP contribution in [0.5, 0.6) is 0 Å². The van der Waals surface area contributed by atoms with Crippen molar-refractivity contribution in [2.75, 3.05) is 13.6 Å². The molecule has 13 heavy (non-hydrogen) atoms. The van der Waals surface area contributed by atoms with Crippen LogP contribution in [0.1, 0.15) is 11.1 Å². The fourth-order valence-electron chi connectivity index (χ4n) is 0.861. The third-order valence-electron chi connectivity index (χ3n) is 1.51. The molecule has 0 aromatic carbocycles. The van der Waals surface area contributed by atoms with Gasteiger partial charge in [0.05, 0.1) is 6.54 Å². The molecule has 1 heterocycles. The molecule has 68 valence electrons. The van der Waals surface area contributed by atoms with Crippen LogP contribution in [0.2, 0.25) is 5.15 Å². The molecule has 0 amide bonds. The van der Waals surface area contributed by atoms with Crippen molar-refractivity contribution in [3.8, 4) is 11.8 Å². The summed E-state index contributed by atoms with van der Waals surface area (Å²) >= 11 is 5.77. The molecular weight excluding hydrogens is 184 g/mol. The molecule has 0 aliphatic heterocycles. The first-order chi connectivity index (χ1) is 6.24. The van der Waals surface area contributed by atoms with E-state index in [1.165, 1.54) is 0 Å². The quantitative estimate of drug-likeness (QED) is 0.543. The van der Waals surface area contributed by atoms with Crippen molar-refractivity contribution in [3.63, 3.8) is 0 Å². The summed E-state index contributed by atoms with van der Waals surface area (Å²) in [5.41, 5.74) is 1.86. The summed E-state index contributed by atoms with van der Waals surface area (Å²) < 4.78 is 0. The van der Waals surface area contributed by atoms with Gasteiger partial charge in [-0.05, 0) is 25.6 Å². The van der Waals surface area contributed by atoms with E-state index in [1.807, 2.05) is 20.0 Å². The van der Waals surface area contributed by atoms with Crippen molar-refractivity contribution >= 4 is 11.6 Å². The van der Waals surface area contributed by atoms with Crippen LogP contribution in [0.15, 0.2) is 12.3 Å². The predicted octanol–water partition coefficient (Wildman–Crippen LogP) is 1.61. The summed E-state index contributed by atoms with van der Waals surface area (Å²) in [4.78, 5) is 4.00. The monoisotopic (exact) mass is 194 g/mol. The molecule has 0 unspecified atom stereocenters. The van der Waals surface area contributed by atoms with Crippen LogP contribution in [0.25, 0.3) is 0 Å². The maximum atomic E-state index is 5.77. The summed E-state index contributed by atoms with van der Waals surface area (Å²) in [7, 11) is 1.86. The summed E-state index contributed by atoms with van der Waals surface area (Å²) in [5.74, 6) is 5.93. The Hall–Kier alpha value is -1.04. The van der Waals surface area contributed by atoms with Crippen LogP contribution in [-0.2, 0) is 0 Å². The van der Waals surface area contributed by atoms with Gasteiger partial charge in [-0.2, -0.15) is 0 Å². The zero-order chi connectivity index (χ0) is 9.68. The van der Waals surface area contributed by atoms with Gasteiger partial charge in [0.25, 0.3) is 0 Å².